The number of benzene rings is 1. The molecule has 1 aliphatic rings. The average molecular weight is 344 g/mol. The van der Waals surface area contributed by atoms with Crippen molar-refractivity contribution in [2.45, 2.75) is 18.9 Å². The Labute approximate surface area is 142 Å². The molecule has 1 unspecified atom stereocenters. The summed E-state index contributed by atoms with van der Waals surface area (Å²) in [5.41, 5.74) is -0.423. The van der Waals surface area contributed by atoms with Gasteiger partial charge in [-0.1, -0.05) is 37.3 Å². The van der Waals surface area contributed by atoms with Gasteiger partial charge in [0.25, 0.3) is 5.91 Å². The van der Waals surface area contributed by atoms with Crippen LogP contribution < -0.4 is 10.6 Å². The number of anilines is 1. The number of hydrogen-bond donors (Lipinski definition) is 2. The minimum atomic E-state index is -1.13. The van der Waals surface area contributed by atoms with E-state index in [2.05, 4.69) is 15.6 Å². The summed E-state index contributed by atoms with van der Waals surface area (Å²) < 4.78 is 0. The summed E-state index contributed by atoms with van der Waals surface area (Å²) in [6, 6.07) is 8.48. The van der Waals surface area contributed by atoms with Crippen LogP contribution in [0.3, 0.4) is 0 Å². The van der Waals surface area contributed by atoms with Gasteiger partial charge in [0.1, 0.15) is 12.1 Å². The van der Waals surface area contributed by atoms with E-state index in [-0.39, 0.29) is 6.54 Å². The van der Waals surface area contributed by atoms with Gasteiger partial charge in [-0.25, -0.2) is 9.78 Å². The molecule has 1 aromatic heterocycles. The maximum absolute atomic E-state index is 12.9. The fraction of sp³-hybridized carbons (Fsp3) is 0.250. The fourth-order valence-electron chi connectivity index (χ4n) is 2.72. The summed E-state index contributed by atoms with van der Waals surface area (Å²) in [4.78, 5) is 42.1. The van der Waals surface area contributed by atoms with E-state index in [0.29, 0.717) is 17.1 Å². The SMILES string of the molecule is CCC1(c2ccccc2)NC(=O)N(CC(=O)Nc2nccs2)C1=O. The summed E-state index contributed by atoms with van der Waals surface area (Å²) in [5, 5.41) is 7.46. The third-order valence-electron chi connectivity index (χ3n) is 3.95. The number of rotatable bonds is 5. The Kier molecular flexibility index (Phi) is 4.30. The van der Waals surface area contributed by atoms with E-state index >= 15 is 0 Å². The first-order chi connectivity index (χ1) is 11.6. The molecule has 0 radical (unpaired) electrons. The number of hydrogen-bond acceptors (Lipinski definition) is 5. The van der Waals surface area contributed by atoms with E-state index in [1.807, 2.05) is 25.1 Å². The van der Waals surface area contributed by atoms with Gasteiger partial charge in [0, 0.05) is 11.6 Å². The maximum atomic E-state index is 12.9. The number of amides is 4. The van der Waals surface area contributed by atoms with Gasteiger partial charge in [0.15, 0.2) is 5.13 Å². The van der Waals surface area contributed by atoms with Crippen LogP contribution in [0.4, 0.5) is 9.93 Å². The van der Waals surface area contributed by atoms with Crippen LogP contribution in [0.15, 0.2) is 41.9 Å². The van der Waals surface area contributed by atoms with E-state index in [0.717, 1.165) is 4.90 Å². The number of nitrogens with zero attached hydrogens (tertiary/aromatic N) is 2. The number of imide groups is 1. The van der Waals surface area contributed by atoms with Crippen molar-refractivity contribution in [1.82, 2.24) is 15.2 Å². The normalized spacial score (nSPS) is 20.1. The highest BCUT2D eigenvalue weighted by molar-refractivity contribution is 7.13. The van der Waals surface area contributed by atoms with Crippen molar-refractivity contribution < 1.29 is 14.4 Å². The first-order valence-electron chi connectivity index (χ1n) is 7.46. The van der Waals surface area contributed by atoms with Crippen LogP contribution in [0.25, 0.3) is 0 Å². The van der Waals surface area contributed by atoms with Crippen molar-refractivity contribution >= 4 is 34.3 Å². The fourth-order valence-corrected chi connectivity index (χ4v) is 3.26. The standard InChI is InChI=1S/C16H16N4O3S/c1-2-16(11-6-4-3-5-7-11)13(22)20(15(23)19-16)10-12(21)18-14-17-8-9-24-14/h3-9H,2,10H2,1H3,(H,19,23)(H,17,18,21). The first-order valence-corrected chi connectivity index (χ1v) is 8.34. The lowest BCUT2D eigenvalue weighted by atomic mass is 9.87. The molecule has 4 amide bonds. The van der Waals surface area contributed by atoms with Gasteiger partial charge in [-0.05, 0) is 12.0 Å². The lowest BCUT2D eigenvalue weighted by Gasteiger charge is -2.25. The van der Waals surface area contributed by atoms with Gasteiger partial charge < -0.3 is 10.6 Å². The smallest absolute Gasteiger partial charge is 0.319 e. The number of carbonyl (C=O) groups excluding carboxylic acids is 3. The molecule has 0 spiro atoms. The Hall–Kier alpha value is -2.74. The molecule has 0 saturated carbocycles. The van der Waals surface area contributed by atoms with Gasteiger partial charge in [-0.2, -0.15) is 0 Å². The molecule has 1 aromatic carbocycles. The second-order valence-corrected chi connectivity index (χ2v) is 6.23. The Morgan fingerprint density at radius 1 is 1.33 bits per heavy atom. The molecule has 2 N–H and O–H groups in total. The minimum absolute atomic E-state index is 0.348. The Morgan fingerprint density at radius 3 is 2.71 bits per heavy atom. The summed E-state index contributed by atoms with van der Waals surface area (Å²) in [6.07, 6.45) is 1.96. The van der Waals surface area contributed by atoms with Gasteiger partial charge >= 0.3 is 6.03 Å². The van der Waals surface area contributed by atoms with Crippen LogP contribution in [0.5, 0.6) is 0 Å². The molecule has 2 heterocycles. The molecule has 0 aliphatic carbocycles. The highest BCUT2D eigenvalue weighted by atomic mass is 32.1. The highest BCUT2D eigenvalue weighted by Crippen LogP contribution is 2.32. The maximum Gasteiger partial charge on any atom is 0.325 e. The van der Waals surface area contributed by atoms with E-state index in [4.69, 9.17) is 0 Å². The predicted octanol–water partition coefficient (Wildman–Crippen LogP) is 1.94. The summed E-state index contributed by atoms with van der Waals surface area (Å²) >= 11 is 1.26. The van der Waals surface area contributed by atoms with Gasteiger partial charge in [0.05, 0.1) is 0 Å². The monoisotopic (exact) mass is 344 g/mol. The van der Waals surface area contributed by atoms with Crippen molar-refractivity contribution in [3.8, 4) is 0 Å². The number of thiazole rings is 1. The lowest BCUT2D eigenvalue weighted by molar-refractivity contribution is -0.134. The van der Waals surface area contributed by atoms with E-state index in [1.54, 1.807) is 23.7 Å². The van der Waals surface area contributed by atoms with E-state index in [9.17, 15) is 14.4 Å². The third-order valence-corrected chi connectivity index (χ3v) is 4.64. The second-order valence-electron chi connectivity index (χ2n) is 5.33. The summed E-state index contributed by atoms with van der Waals surface area (Å²) in [6.45, 7) is 1.48. The molecule has 1 atom stereocenters. The van der Waals surface area contributed by atoms with Gasteiger partial charge in [0.2, 0.25) is 5.91 Å². The van der Waals surface area contributed by atoms with E-state index < -0.39 is 23.4 Å². The van der Waals surface area contributed by atoms with Crippen LogP contribution in [-0.2, 0) is 15.1 Å². The Balaban J connectivity index is 1.79. The molecule has 8 heteroatoms. The number of carbonyl (C=O) groups is 3. The second kappa shape index (κ2) is 6.40. The number of nitrogens with one attached hydrogen (secondary N) is 2. The molecule has 3 rings (SSSR count). The van der Waals surface area contributed by atoms with Crippen LogP contribution in [0, 0.1) is 0 Å². The van der Waals surface area contributed by atoms with Crippen molar-refractivity contribution in [3.63, 3.8) is 0 Å². The van der Waals surface area contributed by atoms with E-state index in [1.165, 1.54) is 11.3 Å². The zero-order chi connectivity index (χ0) is 17.2. The highest BCUT2D eigenvalue weighted by Gasteiger charge is 2.51. The molecule has 124 valence electrons. The van der Waals surface area contributed by atoms with Crippen LogP contribution >= 0.6 is 11.3 Å². The largest absolute Gasteiger partial charge is 0.325 e. The molecule has 7 nitrogen and oxygen atoms in total. The van der Waals surface area contributed by atoms with Gasteiger partial charge in [-0.15, -0.1) is 11.3 Å². The third kappa shape index (κ3) is 2.76. The molecular weight excluding hydrogens is 328 g/mol. The molecule has 1 fully saturated rings. The Bertz CT molecular complexity index is 763. The van der Waals surface area contributed by atoms with Crippen LogP contribution in [0.1, 0.15) is 18.9 Å². The summed E-state index contributed by atoms with van der Waals surface area (Å²) in [7, 11) is 0. The zero-order valence-electron chi connectivity index (χ0n) is 13.0. The quantitative estimate of drug-likeness (QED) is 0.811. The van der Waals surface area contributed by atoms with Crippen molar-refractivity contribution in [1.29, 1.82) is 0 Å². The van der Waals surface area contributed by atoms with Crippen molar-refractivity contribution in [3.05, 3.63) is 47.5 Å². The molecule has 2 aromatic rings. The molecule has 1 aliphatic heterocycles. The average Bonchev–Trinajstić information content (AvgIpc) is 3.18. The van der Waals surface area contributed by atoms with Crippen molar-refractivity contribution in [2.75, 3.05) is 11.9 Å². The van der Waals surface area contributed by atoms with Crippen LogP contribution in [0.2, 0.25) is 0 Å². The lowest BCUT2D eigenvalue weighted by Crippen LogP contribution is -2.44. The van der Waals surface area contributed by atoms with Crippen LogP contribution in [-0.4, -0.2) is 34.3 Å². The minimum Gasteiger partial charge on any atom is -0.319 e. The topological polar surface area (TPSA) is 91.4 Å². The number of urea groups is 1. The van der Waals surface area contributed by atoms with Crippen molar-refractivity contribution in [2.24, 2.45) is 0 Å². The molecule has 0 bridgehead atoms. The Morgan fingerprint density at radius 2 is 2.08 bits per heavy atom. The molecule has 1 saturated heterocycles. The predicted molar refractivity (Wildman–Crippen MR) is 89.4 cm³/mol. The first kappa shape index (κ1) is 16.1. The van der Waals surface area contributed by atoms with Gasteiger partial charge in [-0.3, -0.25) is 14.5 Å². The molecule has 24 heavy (non-hydrogen) atoms. The molecular formula is C16H16N4O3S. The zero-order valence-corrected chi connectivity index (χ0v) is 13.8. The number of aromatic nitrogens is 1. The summed E-state index contributed by atoms with van der Waals surface area (Å²) in [5.74, 6) is -0.885.